The molecule has 0 spiro atoms. The van der Waals surface area contributed by atoms with Crippen LogP contribution in [0.3, 0.4) is 0 Å². The van der Waals surface area contributed by atoms with E-state index < -0.39 is 5.97 Å². The SMILES string of the molecule is Cc1c(-c2cc(Cl)cc(Cl)c2)c[nH]c1-c1ccccc1C(=O)O. The van der Waals surface area contributed by atoms with Gasteiger partial charge in [0.25, 0.3) is 0 Å². The Balaban J connectivity index is 2.15. The van der Waals surface area contributed by atoms with Crippen LogP contribution in [0.25, 0.3) is 22.4 Å². The summed E-state index contributed by atoms with van der Waals surface area (Å²) < 4.78 is 0. The third-order valence-corrected chi connectivity index (χ3v) is 4.18. The highest BCUT2D eigenvalue weighted by Gasteiger charge is 2.16. The smallest absolute Gasteiger partial charge is 0.336 e. The number of rotatable bonds is 3. The number of aromatic nitrogens is 1. The molecule has 3 aromatic rings. The lowest BCUT2D eigenvalue weighted by Crippen LogP contribution is -1.99. The minimum Gasteiger partial charge on any atom is -0.478 e. The van der Waals surface area contributed by atoms with Gasteiger partial charge in [0, 0.05) is 33.1 Å². The van der Waals surface area contributed by atoms with Gasteiger partial charge in [0.2, 0.25) is 0 Å². The van der Waals surface area contributed by atoms with Gasteiger partial charge in [-0.2, -0.15) is 0 Å². The summed E-state index contributed by atoms with van der Waals surface area (Å²) >= 11 is 12.1. The molecule has 0 radical (unpaired) electrons. The molecule has 1 heterocycles. The Hall–Kier alpha value is -2.23. The Morgan fingerprint density at radius 1 is 1.04 bits per heavy atom. The Kier molecular flexibility index (Phi) is 4.16. The monoisotopic (exact) mass is 345 g/mol. The van der Waals surface area contributed by atoms with Crippen molar-refractivity contribution >= 4 is 29.2 Å². The third kappa shape index (κ3) is 2.98. The molecule has 23 heavy (non-hydrogen) atoms. The normalized spacial score (nSPS) is 10.7. The highest BCUT2D eigenvalue weighted by molar-refractivity contribution is 6.35. The van der Waals surface area contributed by atoms with Crippen LogP contribution in [0.1, 0.15) is 15.9 Å². The van der Waals surface area contributed by atoms with Gasteiger partial charge in [-0.1, -0.05) is 41.4 Å². The van der Waals surface area contributed by atoms with E-state index >= 15 is 0 Å². The largest absolute Gasteiger partial charge is 0.478 e. The van der Waals surface area contributed by atoms with Gasteiger partial charge in [-0.3, -0.25) is 0 Å². The fraction of sp³-hybridized carbons (Fsp3) is 0.0556. The number of benzene rings is 2. The zero-order valence-electron chi connectivity index (χ0n) is 12.2. The van der Waals surface area contributed by atoms with Crippen LogP contribution < -0.4 is 0 Å². The number of hydrogen-bond donors (Lipinski definition) is 2. The van der Waals surface area contributed by atoms with Gasteiger partial charge in [-0.25, -0.2) is 4.79 Å². The molecular formula is C18H13Cl2NO2. The molecule has 3 nitrogen and oxygen atoms in total. The van der Waals surface area contributed by atoms with Gasteiger partial charge in [-0.05, 0) is 42.3 Å². The van der Waals surface area contributed by atoms with Crippen LogP contribution >= 0.6 is 23.2 Å². The number of aromatic amines is 1. The molecular weight excluding hydrogens is 333 g/mol. The zero-order chi connectivity index (χ0) is 16.6. The summed E-state index contributed by atoms with van der Waals surface area (Å²) in [5.41, 5.74) is 4.44. The molecule has 0 bridgehead atoms. The van der Waals surface area contributed by atoms with Crippen molar-refractivity contribution in [2.24, 2.45) is 0 Å². The Labute approximate surface area is 143 Å². The summed E-state index contributed by atoms with van der Waals surface area (Å²) in [6, 6.07) is 12.2. The Bertz CT molecular complexity index is 880. The van der Waals surface area contributed by atoms with E-state index in [1.807, 2.05) is 31.3 Å². The summed E-state index contributed by atoms with van der Waals surface area (Å²) in [5, 5.41) is 10.5. The second-order valence-corrected chi connectivity index (χ2v) is 6.08. The van der Waals surface area contributed by atoms with Gasteiger partial charge in [0.15, 0.2) is 0 Å². The lowest BCUT2D eigenvalue weighted by molar-refractivity contribution is 0.0697. The Morgan fingerprint density at radius 2 is 1.70 bits per heavy atom. The predicted molar refractivity (Wildman–Crippen MR) is 93.4 cm³/mol. The molecule has 5 heteroatoms. The number of hydrogen-bond acceptors (Lipinski definition) is 1. The van der Waals surface area contributed by atoms with Crippen LogP contribution in [0.4, 0.5) is 0 Å². The highest BCUT2D eigenvalue weighted by atomic mass is 35.5. The first-order chi connectivity index (χ1) is 11.0. The van der Waals surface area contributed by atoms with E-state index in [0.29, 0.717) is 15.6 Å². The maximum atomic E-state index is 11.4. The number of carboxylic acid groups (broad SMARTS) is 1. The molecule has 0 aliphatic rings. The molecule has 0 atom stereocenters. The molecule has 2 N–H and O–H groups in total. The minimum absolute atomic E-state index is 0.258. The topological polar surface area (TPSA) is 53.1 Å². The van der Waals surface area contributed by atoms with E-state index in [4.69, 9.17) is 23.2 Å². The summed E-state index contributed by atoms with van der Waals surface area (Å²) in [7, 11) is 0. The maximum Gasteiger partial charge on any atom is 0.336 e. The first kappa shape index (κ1) is 15.7. The fourth-order valence-corrected chi connectivity index (χ4v) is 3.20. The first-order valence-electron chi connectivity index (χ1n) is 6.94. The number of H-pyrrole nitrogens is 1. The van der Waals surface area contributed by atoms with E-state index in [1.54, 1.807) is 24.3 Å². The molecule has 0 saturated heterocycles. The standard InChI is InChI=1S/C18H13Cl2NO2/c1-10-16(11-6-12(19)8-13(20)7-11)9-21-17(10)14-4-2-3-5-15(14)18(22)23/h2-9,21H,1H3,(H,22,23). The fourth-order valence-electron chi connectivity index (χ4n) is 2.67. The van der Waals surface area contributed by atoms with Crippen molar-refractivity contribution < 1.29 is 9.90 Å². The Morgan fingerprint density at radius 3 is 2.35 bits per heavy atom. The average Bonchev–Trinajstić information content (AvgIpc) is 2.87. The van der Waals surface area contributed by atoms with Crippen LogP contribution in [0.5, 0.6) is 0 Å². The molecule has 0 aliphatic carbocycles. The molecule has 0 amide bonds. The molecule has 3 rings (SSSR count). The van der Waals surface area contributed by atoms with Gasteiger partial charge < -0.3 is 10.1 Å². The molecule has 1 aromatic heterocycles. The average molecular weight is 346 g/mol. The summed E-state index contributed by atoms with van der Waals surface area (Å²) in [4.78, 5) is 14.6. The zero-order valence-corrected chi connectivity index (χ0v) is 13.7. The van der Waals surface area contributed by atoms with Crippen LogP contribution in [0.15, 0.2) is 48.7 Å². The van der Waals surface area contributed by atoms with Crippen molar-refractivity contribution in [3.8, 4) is 22.4 Å². The van der Waals surface area contributed by atoms with E-state index in [9.17, 15) is 9.90 Å². The van der Waals surface area contributed by atoms with Crippen LogP contribution in [0.2, 0.25) is 10.0 Å². The van der Waals surface area contributed by atoms with Crippen LogP contribution in [-0.2, 0) is 0 Å². The van der Waals surface area contributed by atoms with Crippen molar-refractivity contribution in [1.82, 2.24) is 4.98 Å². The minimum atomic E-state index is -0.957. The number of halogens is 2. The van der Waals surface area contributed by atoms with E-state index in [2.05, 4.69) is 4.98 Å². The van der Waals surface area contributed by atoms with Crippen molar-refractivity contribution in [1.29, 1.82) is 0 Å². The second-order valence-electron chi connectivity index (χ2n) is 5.21. The van der Waals surface area contributed by atoms with Crippen molar-refractivity contribution in [3.63, 3.8) is 0 Å². The summed E-state index contributed by atoms with van der Waals surface area (Å²) in [6.07, 6.45) is 1.84. The summed E-state index contributed by atoms with van der Waals surface area (Å²) in [6.45, 7) is 1.94. The van der Waals surface area contributed by atoms with Crippen molar-refractivity contribution in [3.05, 3.63) is 69.8 Å². The third-order valence-electron chi connectivity index (χ3n) is 3.74. The lowest BCUT2D eigenvalue weighted by atomic mass is 9.98. The quantitative estimate of drug-likeness (QED) is 0.643. The predicted octanol–water partition coefficient (Wildman–Crippen LogP) is 5.66. The van der Waals surface area contributed by atoms with Gasteiger partial charge in [0.05, 0.1) is 5.56 Å². The number of aromatic carboxylic acids is 1. The van der Waals surface area contributed by atoms with Crippen molar-refractivity contribution in [2.75, 3.05) is 0 Å². The molecule has 116 valence electrons. The molecule has 0 aliphatic heterocycles. The summed E-state index contributed by atoms with van der Waals surface area (Å²) in [5.74, 6) is -0.957. The number of carboxylic acids is 1. The van der Waals surface area contributed by atoms with Crippen LogP contribution in [-0.4, -0.2) is 16.1 Å². The first-order valence-corrected chi connectivity index (χ1v) is 7.70. The maximum absolute atomic E-state index is 11.4. The van der Waals surface area contributed by atoms with E-state index in [1.165, 1.54) is 0 Å². The van der Waals surface area contributed by atoms with Gasteiger partial charge in [0.1, 0.15) is 0 Å². The van der Waals surface area contributed by atoms with Gasteiger partial charge >= 0.3 is 5.97 Å². The highest BCUT2D eigenvalue weighted by Crippen LogP contribution is 2.35. The molecule has 0 saturated carbocycles. The molecule has 0 unspecified atom stereocenters. The molecule has 0 fully saturated rings. The van der Waals surface area contributed by atoms with E-state index in [0.717, 1.165) is 22.4 Å². The number of carbonyl (C=O) groups is 1. The van der Waals surface area contributed by atoms with E-state index in [-0.39, 0.29) is 5.56 Å². The molecule has 2 aromatic carbocycles. The van der Waals surface area contributed by atoms with Gasteiger partial charge in [-0.15, -0.1) is 0 Å². The van der Waals surface area contributed by atoms with Crippen molar-refractivity contribution in [2.45, 2.75) is 6.92 Å². The lowest BCUT2D eigenvalue weighted by Gasteiger charge is -2.07. The second kappa shape index (κ2) is 6.11. The van der Waals surface area contributed by atoms with Crippen LogP contribution in [0, 0.1) is 6.92 Å². The number of nitrogens with one attached hydrogen (secondary N) is 1.